The van der Waals surface area contributed by atoms with E-state index in [1.807, 2.05) is 6.07 Å². The molecule has 0 bridgehead atoms. The van der Waals surface area contributed by atoms with Crippen molar-refractivity contribution in [2.45, 2.75) is 12.3 Å². The zero-order valence-electron chi connectivity index (χ0n) is 7.19. The van der Waals surface area contributed by atoms with E-state index < -0.39 is 0 Å². The van der Waals surface area contributed by atoms with Gasteiger partial charge in [0, 0.05) is 12.5 Å². The molecule has 0 amide bonds. The van der Waals surface area contributed by atoms with E-state index in [1.165, 1.54) is 0 Å². The third-order valence-corrected chi connectivity index (χ3v) is 2.77. The molecule has 13 heavy (non-hydrogen) atoms. The second kappa shape index (κ2) is 3.64. The van der Waals surface area contributed by atoms with Crippen molar-refractivity contribution in [2.24, 2.45) is 0 Å². The molecule has 1 aromatic carbocycles. The normalized spacial score (nSPS) is 22.2. The minimum atomic E-state index is -0.252. The molecule has 3 heteroatoms. The van der Waals surface area contributed by atoms with Crippen molar-refractivity contribution in [1.82, 2.24) is 5.32 Å². The topological polar surface area (TPSA) is 12.0 Å². The van der Waals surface area contributed by atoms with Crippen molar-refractivity contribution in [2.75, 3.05) is 13.1 Å². The highest BCUT2D eigenvalue weighted by atomic mass is 35.5. The Labute approximate surface area is 81.9 Å². The second-order valence-electron chi connectivity index (χ2n) is 3.33. The van der Waals surface area contributed by atoms with Crippen molar-refractivity contribution in [3.05, 3.63) is 34.6 Å². The minimum Gasteiger partial charge on any atom is -0.316 e. The smallest absolute Gasteiger partial charge is 0.145 e. The van der Waals surface area contributed by atoms with Crippen LogP contribution in [-0.2, 0) is 0 Å². The van der Waals surface area contributed by atoms with Gasteiger partial charge in [0.15, 0.2) is 0 Å². The highest BCUT2D eigenvalue weighted by Crippen LogP contribution is 2.28. The molecule has 1 saturated heterocycles. The molecule has 0 saturated carbocycles. The fourth-order valence-corrected chi connectivity index (χ4v) is 1.94. The third kappa shape index (κ3) is 1.69. The average Bonchev–Trinajstić information content (AvgIpc) is 2.62. The zero-order valence-corrected chi connectivity index (χ0v) is 7.94. The van der Waals surface area contributed by atoms with Crippen LogP contribution in [0.4, 0.5) is 4.39 Å². The molecule has 1 atom stereocenters. The highest BCUT2D eigenvalue weighted by molar-refractivity contribution is 6.30. The summed E-state index contributed by atoms with van der Waals surface area (Å²) in [6.45, 7) is 1.83. The van der Waals surface area contributed by atoms with Crippen LogP contribution in [0.1, 0.15) is 17.9 Å². The van der Waals surface area contributed by atoms with Crippen LogP contribution < -0.4 is 5.32 Å². The predicted octanol–water partition coefficient (Wildman–Crippen LogP) is 2.56. The Morgan fingerprint density at radius 3 is 3.00 bits per heavy atom. The summed E-state index contributed by atoms with van der Waals surface area (Å²) in [5.74, 6) is 0.0385. The lowest BCUT2D eigenvalue weighted by molar-refractivity contribution is 0.588. The Hall–Kier alpha value is -0.600. The lowest BCUT2D eigenvalue weighted by Crippen LogP contribution is -2.09. The van der Waals surface area contributed by atoms with Crippen molar-refractivity contribution < 1.29 is 4.39 Å². The Bertz CT molecular complexity index is 308. The van der Waals surface area contributed by atoms with Crippen LogP contribution in [0.3, 0.4) is 0 Å². The molecule has 1 nitrogen and oxygen atoms in total. The quantitative estimate of drug-likeness (QED) is 0.733. The van der Waals surface area contributed by atoms with Gasteiger partial charge in [0.1, 0.15) is 5.82 Å². The maximum Gasteiger partial charge on any atom is 0.145 e. The number of hydrogen-bond donors (Lipinski definition) is 1. The van der Waals surface area contributed by atoms with Gasteiger partial charge in [0.05, 0.1) is 5.02 Å². The molecule has 1 aliphatic rings. The first-order valence-corrected chi connectivity index (χ1v) is 4.81. The molecular formula is C10H11ClFN. The maximum atomic E-state index is 13.5. The molecule has 0 aliphatic carbocycles. The third-order valence-electron chi connectivity index (χ3n) is 2.48. The second-order valence-corrected chi connectivity index (χ2v) is 3.74. The van der Waals surface area contributed by atoms with Gasteiger partial charge in [0.25, 0.3) is 0 Å². The lowest BCUT2D eigenvalue weighted by atomic mass is 9.98. The van der Waals surface area contributed by atoms with Crippen LogP contribution >= 0.6 is 11.6 Å². The number of halogens is 2. The van der Waals surface area contributed by atoms with Gasteiger partial charge in [-0.25, -0.2) is 4.39 Å². The summed E-state index contributed by atoms with van der Waals surface area (Å²) in [5.41, 5.74) is 0.748. The molecule has 1 aliphatic heterocycles. The van der Waals surface area contributed by atoms with Crippen LogP contribution in [0.5, 0.6) is 0 Å². The van der Waals surface area contributed by atoms with Gasteiger partial charge in [-0.3, -0.25) is 0 Å². The van der Waals surface area contributed by atoms with Gasteiger partial charge in [0.2, 0.25) is 0 Å². The van der Waals surface area contributed by atoms with E-state index in [0.717, 1.165) is 25.1 Å². The summed E-state index contributed by atoms with van der Waals surface area (Å²) in [6.07, 6.45) is 0.997. The molecule has 1 N–H and O–H groups in total. The number of benzene rings is 1. The van der Waals surface area contributed by atoms with E-state index in [9.17, 15) is 4.39 Å². The van der Waals surface area contributed by atoms with Gasteiger partial charge in [-0.15, -0.1) is 0 Å². The van der Waals surface area contributed by atoms with Crippen molar-refractivity contribution in [1.29, 1.82) is 0 Å². The summed E-state index contributed by atoms with van der Waals surface area (Å²) in [4.78, 5) is 0. The number of hydrogen-bond acceptors (Lipinski definition) is 1. The van der Waals surface area contributed by atoms with Gasteiger partial charge < -0.3 is 5.32 Å². The molecule has 1 heterocycles. The zero-order chi connectivity index (χ0) is 9.26. The molecule has 0 unspecified atom stereocenters. The highest BCUT2D eigenvalue weighted by Gasteiger charge is 2.20. The van der Waals surface area contributed by atoms with E-state index in [-0.39, 0.29) is 10.8 Å². The summed E-state index contributed by atoms with van der Waals surface area (Å²) in [5, 5.41) is 3.43. The Morgan fingerprint density at radius 1 is 1.46 bits per heavy atom. The first-order chi connectivity index (χ1) is 6.29. The van der Waals surface area contributed by atoms with Gasteiger partial charge in [-0.05, 0) is 24.6 Å². The van der Waals surface area contributed by atoms with E-state index in [4.69, 9.17) is 11.6 Å². The van der Waals surface area contributed by atoms with E-state index in [2.05, 4.69) is 5.32 Å². The van der Waals surface area contributed by atoms with Crippen LogP contribution in [0.15, 0.2) is 18.2 Å². The Kier molecular flexibility index (Phi) is 2.51. The van der Waals surface area contributed by atoms with Gasteiger partial charge in [-0.2, -0.15) is 0 Å². The van der Waals surface area contributed by atoms with Gasteiger partial charge in [-0.1, -0.05) is 23.7 Å². The summed E-state index contributed by atoms with van der Waals surface area (Å²) >= 11 is 5.70. The molecule has 70 valence electrons. The lowest BCUT2D eigenvalue weighted by Gasteiger charge is -2.10. The van der Waals surface area contributed by atoms with Crippen molar-refractivity contribution >= 4 is 11.6 Å². The first-order valence-electron chi connectivity index (χ1n) is 4.43. The average molecular weight is 200 g/mol. The number of rotatable bonds is 1. The summed E-state index contributed by atoms with van der Waals surface area (Å²) in [6, 6.07) is 5.21. The molecule has 0 aromatic heterocycles. The molecule has 0 radical (unpaired) electrons. The van der Waals surface area contributed by atoms with Crippen LogP contribution in [-0.4, -0.2) is 13.1 Å². The molecular weight excluding hydrogens is 189 g/mol. The summed E-state index contributed by atoms with van der Waals surface area (Å²) in [7, 11) is 0. The van der Waals surface area contributed by atoms with Crippen LogP contribution in [0, 0.1) is 5.82 Å². The summed E-state index contributed by atoms with van der Waals surface area (Å²) < 4.78 is 13.5. The Balaban J connectivity index is 2.33. The van der Waals surface area contributed by atoms with Crippen LogP contribution in [0.25, 0.3) is 0 Å². The molecule has 1 aromatic rings. The standard InChI is InChI=1S/C10H11ClFN/c11-9-3-1-2-8(10(9)12)7-4-5-13-6-7/h1-3,7,13H,4-6H2/t7-/m1/s1. The predicted molar refractivity (Wildman–Crippen MR) is 51.6 cm³/mol. The Morgan fingerprint density at radius 2 is 2.31 bits per heavy atom. The largest absolute Gasteiger partial charge is 0.316 e. The molecule has 0 spiro atoms. The van der Waals surface area contributed by atoms with E-state index in [1.54, 1.807) is 12.1 Å². The van der Waals surface area contributed by atoms with E-state index >= 15 is 0 Å². The van der Waals surface area contributed by atoms with Crippen molar-refractivity contribution in [3.8, 4) is 0 Å². The fraction of sp³-hybridized carbons (Fsp3) is 0.400. The number of nitrogens with one attached hydrogen (secondary N) is 1. The van der Waals surface area contributed by atoms with Crippen LogP contribution in [0.2, 0.25) is 5.02 Å². The monoisotopic (exact) mass is 199 g/mol. The van der Waals surface area contributed by atoms with Crippen molar-refractivity contribution in [3.63, 3.8) is 0 Å². The molecule has 2 rings (SSSR count). The first kappa shape index (κ1) is 8.97. The molecule has 1 fully saturated rings. The van der Waals surface area contributed by atoms with Gasteiger partial charge >= 0.3 is 0 Å². The maximum absolute atomic E-state index is 13.5. The minimum absolute atomic E-state index is 0.226. The van der Waals surface area contributed by atoms with E-state index in [0.29, 0.717) is 5.92 Å². The SMILES string of the molecule is Fc1c(Cl)cccc1[C@@H]1CCNC1. The fourth-order valence-electron chi connectivity index (χ4n) is 1.76.